The van der Waals surface area contributed by atoms with Crippen LogP contribution in [0.25, 0.3) is 0 Å². The van der Waals surface area contributed by atoms with Gasteiger partial charge in [0.05, 0.1) is 12.8 Å². The lowest BCUT2D eigenvalue weighted by Gasteiger charge is -2.31. The van der Waals surface area contributed by atoms with Crippen LogP contribution < -0.4 is 10.6 Å². The van der Waals surface area contributed by atoms with Crippen molar-refractivity contribution in [3.8, 4) is 0 Å². The maximum absolute atomic E-state index is 12.1. The number of furan rings is 1. The molecule has 1 aromatic heterocycles. The Balaban J connectivity index is 1.40. The number of anilines is 1. The van der Waals surface area contributed by atoms with Crippen LogP contribution in [0.1, 0.15) is 24.2 Å². The summed E-state index contributed by atoms with van der Waals surface area (Å²) in [4.78, 5) is 26.5. The Hall–Kier alpha value is -2.31. The van der Waals surface area contributed by atoms with Crippen molar-refractivity contribution < 1.29 is 14.0 Å². The summed E-state index contributed by atoms with van der Waals surface area (Å²) < 4.78 is 5.38. The van der Waals surface area contributed by atoms with E-state index in [4.69, 9.17) is 16.0 Å². The van der Waals surface area contributed by atoms with E-state index in [0.717, 1.165) is 43.8 Å². The summed E-state index contributed by atoms with van der Waals surface area (Å²) in [7, 11) is 0. The molecule has 6 nitrogen and oxygen atoms in total. The largest absolute Gasteiger partial charge is 0.468 e. The van der Waals surface area contributed by atoms with E-state index in [2.05, 4.69) is 15.5 Å². The van der Waals surface area contributed by atoms with E-state index >= 15 is 0 Å². The van der Waals surface area contributed by atoms with E-state index in [1.165, 1.54) is 0 Å². The summed E-state index contributed by atoms with van der Waals surface area (Å²) in [5.41, 5.74) is 1.40. The van der Waals surface area contributed by atoms with Crippen molar-refractivity contribution in [3.63, 3.8) is 0 Å². The monoisotopic (exact) mass is 389 g/mol. The summed E-state index contributed by atoms with van der Waals surface area (Å²) in [5.74, 6) is 0.0558. The van der Waals surface area contributed by atoms with E-state index in [1.54, 1.807) is 24.5 Å². The highest BCUT2D eigenvalue weighted by Crippen LogP contribution is 2.20. The van der Waals surface area contributed by atoms with Crippen LogP contribution in [0.5, 0.6) is 0 Å². The number of nitrogens with one attached hydrogen (secondary N) is 2. The molecule has 2 N–H and O–H groups in total. The predicted octanol–water partition coefficient (Wildman–Crippen LogP) is 3.21. The van der Waals surface area contributed by atoms with Crippen LogP contribution >= 0.6 is 11.6 Å². The van der Waals surface area contributed by atoms with Crippen LogP contribution in [0.3, 0.4) is 0 Å². The van der Waals surface area contributed by atoms with Crippen molar-refractivity contribution in [3.05, 3.63) is 52.9 Å². The molecule has 1 aliphatic rings. The highest BCUT2D eigenvalue weighted by molar-refractivity contribution is 6.40. The molecule has 0 atom stereocenters. The molecule has 0 saturated carbocycles. The summed E-state index contributed by atoms with van der Waals surface area (Å²) in [6, 6.07) is 9.05. The van der Waals surface area contributed by atoms with Crippen molar-refractivity contribution in [2.24, 2.45) is 5.92 Å². The minimum atomic E-state index is -0.671. The van der Waals surface area contributed by atoms with Gasteiger partial charge in [0.1, 0.15) is 5.76 Å². The van der Waals surface area contributed by atoms with Crippen molar-refractivity contribution in [1.82, 2.24) is 10.2 Å². The number of amides is 2. The van der Waals surface area contributed by atoms with Gasteiger partial charge in [0.15, 0.2) is 0 Å². The van der Waals surface area contributed by atoms with Crippen LogP contribution in [0.15, 0.2) is 41.0 Å². The average molecular weight is 390 g/mol. The van der Waals surface area contributed by atoms with Crippen molar-refractivity contribution in [1.29, 1.82) is 0 Å². The van der Waals surface area contributed by atoms with Gasteiger partial charge in [-0.1, -0.05) is 17.7 Å². The highest BCUT2D eigenvalue weighted by atomic mass is 35.5. The maximum Gasteiger partial charge on any atom is 0.313 e. The van der Waals surface area contributed by atoms with Gasteiger partial charge >= 0.3 is 11.8 Å². The van der Waals surface area contributed by atoms with Gasteiger partial charge < -0.3 is 15.1 Å². The summed E-state index contributed by atoms with van der Waals surface area (Å²) in [5, 5.41) is 5.87. The zero-order chi connectivity index (χ0) is 19.2. The van der Waals surface area contributed by atoms with Crippen molar-refractivity contribution in [2.75, 3.05) is 25.0 Å². The van der Waals surface area contributed by atoms with Crippen LogP contribution in [0.4, 0.5) is 5.69 Å². The lowest BCUT2D eigenvalue weighted by molar-refractivity contribution is -0.136. The van der Waals surface area contributed by atoms with Crippen LogP contribution in [-0.4, -0.2) is 36.3 Å². The molecule has 0 bridgehead atoms. The number of nitrogens with zero attached hydrogens (tertiary/aromatic N) is 1. The normalized spacial score (nSPS) is 15.5. The first-order chi connectivity index (χ1) is 13.0. The fourth-order valence-corrected chi connectivity index (χ4v) is 3.37. The first kappa shape index (κ1) is 19.5. The van der Waals surface area contributed by atoms with Gasteiger partial charge in [-0.15, -0.1) is 0 Å². The Kier molecular flexibility index (Phi) is 6.53. The van der Waals surface area contributed by atoms with Gasteiger partial charge in [-0.05, 0) is 68.6 Å². The third-order valence-corrected chi connectivity index (χ3v) is 5.11. The molecule has 2 heterocycles. The number of likely N-dealkylation sites (tertiary alicyclic amines) is 1. The summed E-state index contributed by atoms with van der Waals surface area (Å²) in [6.07, 6.45) is 3.65. The van der Waals surface area contributed by atoms with Gasteiger partial charge in [-0.2, -0.15) is 0 Å². The van der Waals surface area contributed by atoms with Gasteiger partial charge in [0.2, 0.25) is 0 Å². The summed E-state index contributed by atoms with van der Waals surface area (Å²) in [6.45, 7) is 5.08. The Morgan fingerprint density at radius 3 is 2.70 bits per heavy atom. The Labute approximate surface area is 163 Å². The molecular weight excluding hydrogens is 366 g/mol. The van der Waals surface area contributed by atoms with E-state index in [1.807, 2.05) is 19.1 Å². The molecule has 2 aromatic rings. The second-order valence-corrected chi connectivity index (χ2v) is 7.36. The molecule has 27 heavy (non-hydrogen) atoms. The first-order valence-corrected chi connectivity index (χ1v) is 9.49. The number of hydrogen-bond donors (Lipinski definition) is 2. The third-order valence-electron chi connectivity index (χ3n) is 4.87. The number of hydrogen-bond acceptors (Lipinski definition) is 4. The molecule has 0 radical (unpaired) electrons. The molecule has 1 saturated heterocycles. The number of piperidine rings is 1. The standard InChI is InChI=1S/C20H24ClN3O3/c1-14-4-5-16(21)11-18(14)23-20(26)19(25)22-12-15-6-8-24(9-7-15)13-17-3-2-10-27-17/h2-5,10-11,15H,6-9,12-13H2,1H3,(H,22,25)(H,23,26). The average Bonchev–Trinajstić information content (AvgIpc) is 3.17. The zero-order valence-electron chi connectivity index (χ0n) is 15.3. The number of rotatable bonds is 5. The second-order valence-electron chi connectivity index (χ2n) is 6.92. The van der Waals surface area contributed by atoms with E-state index in [-0.39, 0.29) is 0 Å². The Bertz CT molecular complexity index is 784. The van der Waals surface area contributed by atoms with Gasteiger partial charge in [-0.3, -0.25) is 14.5 Å². The molecule has 1 fully saturated rings. The Morgan fingerprint density at radius 2 is 2.00 bits per heavy atom. The molecule has 0 unspecified atom stereocenters. The van der Waals surface area contributed by atoms with Gasteiger partial charge in [0.25, 0.3) is 0 Å². The van der Waals surface area contributed by atoms with Crippen LogP contribution in [0, 0.1) is 12.8 Å². The molecule has 7 heteroatoms. The molecule has 3 rings (SSSR count). The predicted molar refractivity (Wildman–Crippen MR) is 105 cm³/mol. The lowest BCUT2D eigenvalue weighted by atomic mass is 9.96. The maximum atomic E-state index is 12.1. The van der Waals surface area contributed by atoms with Crippen molar-refractivity contribution >= 4 is 29.1 Å². The topological polar surface area (TPSA) is 74.6 Å². The van der Waals surface area contributed by atoms with Crippen LogP contribution in [0.2, 0.25) is 5.02 Å². The molecule has 0 spiro atoms. The number of benzene rings is 1. The molecule has 144 valence electrons. The number of carbonyl (C=O) groups is 2. The van der Waals surface area contributed by atoms with E-state index in [9.17, 15) is 9.59 Å². The molecule has 0 aliphatic carbocycles. The smallest absolute Gasteiger partial charge is 0.313 e. The fourth-order valence-electron chi connectivity index (χ4n) is 3.20. The quantitative estimate of drug-likeness (QED) is 0.770. The zero-order valence-corrected chi connectivity index (χ0v) is 16.1. The first-order valence-electron chi connectivity index (χ1n) is 9.11. The SMILES string of the molecule is Cc1ccc(Cl)cc1NC(=O)C(=O)NCC1CCN(Cc2ccco2)CC1. The minimum Gasteiger partial charge on any atom is -0.468 e. The summed E-state index contributed by atoms with van der Waals surface area (Å²) >= 11 is 5.94. The molecular formula is C20H24ClN3O3. The van der Waals surface area contributed by atoms with Crippen molar-refractivity contribution in [2.45, 2.75) is 26.3 Å². The molecule has 2 amide bonds. The number of carbonyl (C=O) groups excluding carboxylic acids is 2. The van der Waals surface area contributed by atoms with E-state index < -0.39 is 11.8 Å². The molecule has 1 aliphatic heterocycles. The molecule has 1 aromatic carbocycles. The van der Waals surface area contributed by atoms with Crippen LogP contribution in [-0.2, 0) is 16.1 Å². The Morgan fingerprint density at radius 1 is 1.22 bits per heavy atom. The number of halogens is 1. The van der Waals surface area contributed by atoms with E-state index in [0.29, 0.717) is 23.2 Å². The third kappa shape index (κ3) is 5.58. The highest BCUT2D eigenvalue weighted by Gasteiger charge is 2.22. The second kappa shape index (κ2) is 9.06. The lowest BCUT2D eigenvalue weighted by Crippen LogP contribution is -2.41. The fraction of sp³-hybridized carbons (Fsp3) is 0.400. The minimum absolute atomic E-state index is 0.377. The van der Waals surface area contributed by atoms with Gasteiger partial charge in [0, 0.05) is 17.3 Å². The van der Waals surface area contributed by atoms with Gasteiger partial charge in [-0.25, -0.2) is 0 Å². The number of aryl methyl sites for hydroxylation is 1.